The van der Waals surface area contributed by atoms with E-state index in [9.17, 15) is 4.39 Å². The van der Waals surface area contributed by atoms with Gasteiger partial charge >= 0.3 is 0 Å². The average molecular weight is 264 g/mol. The van der Waals surface area contributed by atoms with Crippen molar-refractivity contribution in [3.8, 4) is 11.3 Å². The lowest BCUT2D eigenvalue weighted by molar-refractivity contribution is 0.591. The molecule has 1 heterocycles. The molecule has 0 spiro atoms. The summed E-state index contributed by atoms with van der Waals surface area (Å²) >= 11 is 1.64. The second kappa shape index (κ2) is 5.59. The van der Waals surface area contributed by atoms with Crippen LogP contribution in [-0.2, 0) is 6.42 Å². The summed E-state index contributed by atoms with van der Waals surface area (Å²) in [6.07, 6.45) is 0.904. The Bertz CT molecular complexity index is 536. The van der Waals surface area contributed by atoms with E-state index in [0.29, 0.717) is 18.0 Å². The fraction of sp³-hybridized carbons (Fsp3) is 0.357. The molecule has 0 aliphatic carbocycles. The molecule has 0 bridgehead atoms. The number of halogens is 1. The maximum atomic E-state index is 13.2. The Morgan fingerprint density at radius 2 is 2.22 bits per heavy atom. The van der Waals surface area contributed by atoms with Crippen molar-refractivity contribution in [2.75, 3.05) is 6.54 Å². The van der Waals surface area contributed by atoms with Crippen LogP contribution in [0.3, 0.4) is 0 Å². The van der Waals surface area contributed by atoms with Crippen molar-refractivity contribution in [1.82, 2.24) is 4.98 Å². The maximum Gasteiger partial charge on any atom is 0.126 e. The van der Waals surface area contributed by atoms with Gasteiger partial charge in [0.2, 0.25) is 0 Å². The monoisotopic (exact) mass is 264 g/mol. The highest BCUT2D eigenvalue weighted by molar-refractivity contribution is 7.09. The van der Waals surface area contributed by atoms with Gasteiger partial charge in [-0.3, -0.25) is 0 Å². The van der Waals surface area contributed by atoms with Crippen LogP contribution in [0.5, 0.6) is 0 Å². The van der Waals surface area contributed by atoms with Crippen molar-refractivity contribution in [3.63, 3.8) is 0 Å². The molecule has 2 N–H and O–H groups in total. The van der Waals surface area contributed by atoms with Crippen LogP contribution < -0.4 is 5.73 Å². The summed E-state index contributed by atoms with van der Waals surface area (Å²) in [6.45, 7) is 4.55. The van der Waals surface area contributed by atoms with Gasteiger partial charge in [-0.2, -0.15) is 0 Å². The Kier molecular flexibility index (Phi) is 4.09. The maximum absolute atomic E-state index is 13.2. The number of hydrogen-bond donors (Lipinski definition) is 1. The van der Waals surface area contributed by atoms with Crippen LogP contribution in [0, 0.1) is 18.7 Å². The number of thiazole rings is 1. The molecule has 4 heteroatoms. The highest BCUT2D eigenvalue weighted by Crippen LogP contribution is 2.24. The van der Waals surface area contributed by atoms with Crippen LogP contribution in [0.1, 0.15) is 17.5 Å². The fourth-order valence-electron chi connectivity index (χ4n) is 1.72. The van der Waals surface area contributed by atoms with Gasteiger partial charge in [-0.05, 0) is 43.1 Å². The van der Waals surface area contributed by atoms with Gasteiger partial charge in [0.25, 0.3) is 0 Å². The predicted octanol–water partition coefficient (Wildman–Crippen LogP) is 3.39. The normalized spacial score (nSPS) is 12.7. The first-order valence-corrected chi connectivity index (χ1v) is 6.89. The summed E-state index contributed by atoms with van der Waals surface area (Å²) in [5.74, 6) is 0.268. The van der Waals surface area contributed by atoms with Gasteiger partial charge < -0.3 is 5.73 Å². The average Bonchev–Trinajstić information content (AvgIpc) is 2.81. The van der Waals surface area contributed by atoms with Crippen LogP contribution in [0.15, 0.2) is 23.6 Å². The number of hydrogen-bond acceptors (Lipinski definition) is 3. The molecule has 2 rings (SSSR count). The van der Waals surface area contributed by atoms with Gasteiger partial charge in [0, 0.05) is 17.4 Å². The summed E-state index contributed by atoms with van der Waals surface area (Å²) in [7, 11) is 0. The minimum absolute atomic E-state index is 0.175. The van der Waals surface area contributed by atoms with E-state index in [1.807, 2.05) is 11.4 Å². The van der Waals surface area contributed by atoms with Crippen molar-refractivity contribution in [2.45, 2.75) is 20.3 Å². The molecule has 0 saturated carbocycles. The molecule has 18 heavy (non-hydrogen) atoms. The molecule has 0 aliphatic rings. The zero-order chi connectivity index (χ0) is 13.1. The van der Waals surface area contributed by atoms with Crippen LogP contribution in [0.25, 0.3) is 11.3 Å². The third kappa shape index (κ3) is 2.94. The van der Waals surface area contributed by atoms with Gasteiger partial charge in [-0.25, -0.2) is 9.37 Å². The van der Waals surface area contributed by atoms with E-state index in [1.165, 1.54) is 6.07 Å². The predicted molar refractivity (Wildman–Crippen MR) is 74.2 cm³/mol. The van der Waals surface area contributed by atoms with Crippen molar-refractivity contribution in [3.05, 3.63) is 40.0 Å². The van der Waals surface area contributed by atoms with Gasteiger partial charge in [0.05, 0.1) is 10.7 Å². The molecule has 1 atom stereocenters. The number of nitrogens with zero attached hydrogens (tertiary/aromatic N) is 1. The molecule has 0 aliphatic heterocycles. The van der Waals surface area contributed by atoms with E-state index in [4.69, 9.17) is 5.73 Å². The Hall–Kier alpha value is -1.26. The molecule has 1 unspecified atom stereocenters. The van der Waals surface area contributed by atoms with Crippen LogP contribution in [-0.4, -0.2) is 11.5 Å². The molecule has 96 valence electrons. The number of aryl methyl sites for hydroxylation is 1. The van der Waals surface area contributed by atoms with Gasteiger partial charge in [-0.1, -0.05) is 6.92 Å². The highest BCUT2D eigenvalue weighted by atomic mass is 32.1. The molecule has 0 saturated heterocycles. The second-order valence-corrected chi connectivity index (χ2v) is 5.58. The number of nitrogens with two attached hydrogens (primary N) is 1. The largest absolute Gasteiger partial charge is 0.330 e. The summed E-state index contributed by atoms with van der Waals surface area (Å²) in [6, 6.07) is 5.10. The number of aromatic nitrogens is 1. The minimum atomic E-state index is -0.175. The van der Waals surface area contributed by atoms with E-state index >= 15 is 0 Å². The van der Waals surface area contributed by atoms with Crippen molar-refractivity contribution < 1.29 is 4.39 Å². The van der Waals surface area contributed by atoms with Crippen molar-refractivity contribution in [2.24, 2.45) is 11.7 Å². The minimum Gasteiger partial charge on any atom is -0.330 e. The zero-order valence-electron chi connectivity index (χ0n) is 10.6. The van der Waals surface area contributed by atoms with Crippen LogP contribution in [0.2, 0.25) is 0 Å². The number of rotatable bonds is 4. The number of benzene rings is 1. The first-order valence-electron chi connectivity index (χ1n) is 6.01. The van der Waals surface area contributed by atoms with Gasteiger partial charge in [0.15, 0.2) is 0 Å². The third-order valence-electron chi connectivity index (χ3n) is 2.93. The Balaban J connectivity index is 2.21. The molecule has 0 fully saturated rings. The Morgan fingerprint density at radius 1 is 1.44 bits per heavy atom. The summed E-state index contributed by atoms with van der Waals surface area (Å²) in [4.78, 5) is 4.58. The van der Waals surface area contributed by atoms with E-state index < -0.39 is 0 Å². The lowest BCUT2D eigenvalue weighted by Gasteiger charge is -2.04. The lowest BCUT2D eigenvalue weighted by Crippen LogP contribution is -2.12. The molecular weight excluding hydrogens is 247 g/mol. The summed E-state index contributed by atoms with van der Waals surface area (Å²) in [5, 5.41) is 3.11. The molecule has 1 aromatic heterocycles. The molecular formula is C14H17FN2S. The Labute approximate surface area is 111 Å². The smallest absolute Gasteiger partial charge is 0.126 e. The van der Waals surface area contributed by atoms with Gasteiger partial charge in [0.1, 0.15) is 5.82 Å². The van der Waals surface area contributed by atoms with E-state index in [2.05, 4.69) is 11.9 Å². The zero-order valence-corrected chi connectivity index (χ0v) is 11.4. The SMILES string of the molecule is Cc1cc(-c2csc(CC(C)CN)n2)ccc1F. The first-order chi connectivity index (χ1) is 8.60. The van der Waals surface area contributed by atoms with Crippen LogP contribution in [0.4, 0.5) is 4.39 Å². The van der Waals surface area contributed by atoms with Crippen molar-refractivity contribution in [1.29, 1.82) is 0 Å². The van der Waals surface area contributed by atoms with E-state index in [1.54, 1.807) is 24.3 Å². The van der Waals surface area contributed by atoms with Gasteiger partial charge in [-0.15, -0.1) is 11.3 Å². The van der Waals surface area contributed by atoms with E-state index in [-0.39, 0.29) is 5.82 Å². The fourth-order valence-corrected chi connectivity index (χ4v) is 2.69. The molecule has 2 aromatic rings. The van der Waals surface area contributed by atoms with Crippen LogP contribution >= 0.6 is 11.3 Å². The summed E-state index contributed by atoms with van der Waals surface area (Å²) in [5.41, 5.74) is 8.15. The topological polar surface area (TPSA) is 38.9 Å². The molecule has 0 amide bonds. The van der Waals surface area contributed by atoms with E-state index in [0.717, 1.165) is 22.7 Å². The third-order valence-corrected chi connectivity index (χ3v) is 3.80. The quantitative estimate of drug-likeness (QED) is 0.919. The lowest BCUT2D eigenvalue weighted by atomic mass is 10.1. The Morgan fingerprint density at radius 3 is 2.89 bits per heavy atom. The first kappa shape index (κ1) is 13.2. The summed E-state index contributed by atoms with van der Waals surface area (Å²) < 4.78 is 13.2. The standard InChI is InChI=1S/C14H17FN2S/c1-9(7-16)5-14-17-13(8-18-14)11-3-4-12(15)10(2)6-11/h3-4,6,8-9H,5,7,16H2,1-2H3. The highest BCUT2D eigenvalue weighted by Gasteiger charge is 2.09. The molecule has 1 aromatic carbocycles. The molecule has 0 radical (unpaired) electrons. The molecule has 2 nitrogen and oxygen atoms in total. The van der Waals surface area contributed by atoms with Crippen molar-refractivity contribution >= 4 is 11.3 Å². The second-order valence-electron chi connectivity index (χ2n) is 4.64.